The summed E-state index contributed by atoms with van der Waals surface area (Å²) in [6.07, 6.45) is 1.89. The summed E-state index contributed by atoms with van der Waals surface area (Å²) in [6.45, 7) is 8.26. The van der Waals surface area contributed by atoms with Crippen LogP contribution in [0, 0.1) is 13.8 Å². The van der Waals surface area contributed by atoms with Crippen molar-refractivity contribution in [2.45, 2.75) is 39.0 Å². The number of rotatable bonds is 3. The molecule has 4 rings (SSSR count). The summed E-state index contributed by atoms with van der Waals surface area (Å²) >= 11 is 1.63. The lowest BCUT2D eigenvalue weighted by molar-refractivity contribution is -0.113. The van der Waals surface area contributed by atoms with Gasteiger partial charge in [0.05, 0.1) is 28.6 Å². The van der Waals surface area contributed by atoms with E-state index in [1.807, 2.05) is 40.7 Å². The Bertz CT molecular complexity index is 989. The van der Waals surface area contributed by atoms with Gasteiger partial charge in [-0.15, -0.1) is 11.8 Å². The summed E-state index contributed by atoms with van der Waals surface area (Å²) in [6, 6.07) is 10.3. The zero-order chi connectivity index (χ0) is 19.1. The van der Waals surface area contributed by atoms with Gasteiger partial charge in [0.1, 0.15) is 5.82 Å². The van der Waals surface area contributed by atoms with Crippen molar-refractivity contribution in [3.05, 3.63) is 59.0 Å². The lowest BCUT2D eigenvalue weighted by Gasteiger charge is -2.16. The number of hydrogen-bond donors (Lipinski definition) is 1. The second kappa shape index (κ2) is 6.88. The number of thioether (sulfide) groups is 1. The normalized spacial score (nSPS) is 16.9. The second-order valence-electron chi connectivity index (χ2n) is 7.06. The van der Waals surface area contributed by atoms with Gasteiger partial charge in [-0.2, -0.15) is 10.2 Å². The maximum atomic E-state index is 12.3. The molecule has 7 heteroatoms. The minimum Gasteiger partial charge on any atom is -0.310 e. The number of carbonyl (C=O) groups excluding carboxylic acids is 1. The van der Waals surface area contributed by atoms with Crippen LogP contribution in [0.3, 0.4) is 0 Å². The molecule has 0 saturated heterocycles. The van der Waals surface area contributed by atoms with Gasteiger partial charge in [-0.25, -0.2) is 9.36 Å². The molecular formula is C20H23N5OS. The molecule has 0 saturated carbocycles. The zero-order valence-electron chi connectivity index (χ0n) is 15.9. The standard InChI is InChI=1S/C20H23N5OS/c1-12(2)24-20-16(10-21-24)19(27-11-17(26)22-20)18-13(3)23-25(14(18)4)15-8-6-5-7-9-15/h5-10,12,19H,11H2,1-4H3,(H,22,26)/t19-/m1/s1. The van der Waals surface area contributed by atoms with Gasteiger partial charge in [-0.05, 0) is 39.8 Å². The first kappa shape index (κ1) is 17.9. The molecule has 6 nitrogen and oxygen atoms in total. The Hall–Kier alpha value is -2.54. The van der Waals surface area contributed by atoms with Crippen LogP contribution in [0.2, 0.25) is 0 Å². The predicted molar refractivity (Wildman–Crippen MR) is 109 cm³/mol. The summed E-state index contributed by atoms with van der Waals surface area (Å²) in [4.78, 5) is 12.3. The van der Waals surface area contributed by atoms with E-state index >= 15 is 0 Å². The van der Waals surface area contributed by atoms with Crippen molar-refractivity contribution in [2.24, 2.45) is 0 Å². The fraction of sp³-hybridized carbons (Fsp3) is 0.350. The van der Waals surface area contributed by atoms with Crippen molar-refractivity contribution in [3.8, 4) is 5.69 Å². The first-order valence-corrected chi connectivity index (χ1v) is 10.1. The van der Waals surface area contributed by atoms with Crippen LogP contribution in [0.25, 0.3) is 5.69 Å². The molecular weight excluding hydrogens is 358 g/mol. The number of nitrogens with one attached hydrogen (secondary N) is 1. The highest BCUT2D eigenvalue weighted by Crippen LogP contribution is 2.44. The topological polar surface area (TPSA) is 64.7 Å². The molecule has 2 aromatic heterocycles. The van der Waals surface area contributed by atoms with Crippen LogP contribution in [-0.4, -0.2) is 31.2 Å². The summed E-state index contributed by atoms with van der Waals surface area (Å²) < 4.78 is 3.87. The Balaban J connectivity index is 1.85. The van der Waals surface area contributed by atoms with Gasteiger partial charge in [-0.1, -0.05) is 18.2 Å². The van der Waals surface area contributed by atoms with Gasteiger partial charge < -0.3 is 5.32 Å². The highest BCUT2D eigenvalue weighted by molar-refractivity contribution is 8.00. The van der Waals surface area contributed by atoms with Crippen LogP contribution in [0.15, 0.2) is 36.5 Å². The van der Waals surface area contributed by atoms with Gasteiger partial charge in [-0.3, -0.25) is 4.79 Å². The van der Waals surface area contributed by atoms with Gasteiger partial charge in [0.2, 0.25) is 5.91 Å². The quantitative estimate of drug-likeness (QED) is 0.744. The number of para-hydroxylation sites is 1. The number of nitrogens with zero attached hydrogens (tertiary/aromatic N) is 4. The van der Waals surface area contributed by atoms with E-state index in [1.165, 1.54) is 0 Å². The highest BCUT2D eigenvalue weighted by atomic mass is 32.2. The Morgan fingerprint density at radius 3 is 2.67 bits per heavy atom. The molecule has 27 heavy (non-hydrogen) atoms. The van der Waals surface area contributed by atoms with E-state index in [-0.39, 0.29) is 17.2 Å². The molecule has 140 valence electrons. The van der Waals surface area contributed by atoms with Gasteiger partial charge in [0, 0.05) is 22.9 Å². The third-order valence-corrected chi connectivity index (χ3v) is 6.10. The Labute approximate surface area is 163 Å². The Morgan fingerprint density at radius 2 is 1.96 bits per heavy atom. The number of benzene rings is 1. The summed E-state index contributed by atoms with van der Waals surface area (Å²) in [5, 5.41) is 12.4. The predicted octanol–water partition coefficient (Wildman–Crippen LogP) is 4.04. The number of anilines is 1. The number of fused-ring (bicyclic) bond motifs is 1. The number of aryl methyl sites for hydroxylation is 1. The summed E-state index contributed by atoms with van der Waals surface area (Å²) in [5.41, 5.74) is 5.30. The minimum atomic E-state index is 0.0110. The number of hydrogen-bond acceptors (Lipinski definition) is 4. The Kier molecular flexibility index (Phi) is 4.55. The van der Waals surface area contributed by atoms with Crippen molar-refractivity contribution in [3.63, 3.8) is 0 Å². The molecule has 0 spiro atoms. The van der Waals surface area contributed by atoms with Crippen LogP contribution in [0.4, 0.5) is 5.82 Å². The van der Waals surface area contributed by atoms with Gasteiger partial charge in [0.15, 0.2) is 0 Å². The average molecular weight is 382 g/mol. The molecule has 0 unspecified atom stereocenters. The van der Waals surface area contributed by atoms with Crippen molar-refractivity contribution in [2.75, 3.05) is 11.1 Å². The molecule has 3 heterocycles. The number of amides is 1. The van der Waals surface area contributed by atoms with E-state index in [2.05, 4.69) is 43.3 Å². The van der Waals surface area contributed by atoms with E-state index in [0.717, 1.165) is 34.0 Å². The fourth-order valence-electron chi connectivity index (χ4n) is 3.60. The monoisotopic (exact) mass is 381 g/mol. The van der Waals surface area contributed by atoms with E-state index in [9.17, 15) is 4.79 Å². The summed E-state index contributed by atoms with van der Waals surface area (Å²) in [7, 11) is 0. The fourth-order valence-corrected chi connectivity index (χ4v) is 4.85. The highest BCUT2D eigenvalue weighted by Gasteiger charge is 2.32. The van der Waals surface area contributed by atoms with E-state index in [1.54, 1.807) is 11.8 Å². The first-order valence-electron chi connectivity index (χ1n) is 9.07. The molecule has 3 aromatic rings. The third kappa shape index (κ3) is 3.06. The Morgan fingerprint density at radius 1 is 1.22 bits per heavy atom. The molecule has 0 radical (unpaired) electrons. The molecule has 1 atom stereocenters. The van der Waals surface area contributed by atoms with Crippen LogP contribution >= 0.6 is 11.8 Å². The lowest BCUT2D eigenvalue weighted by Crippen LogP contribution is -2.17. The molecule has 1 amide bonds. The third-order valence-electron chi connectivity index (χ3n) is 4.84. The SMILES string of the molecule is Cc1nn(-c2ccccc2)c(C)c1[C@@H]1SCC(=O)Nc2c1cnn2C(C)C. The van der Waals surface area contributed by atoms with E-state index < -0.39 is 0 Å². The average Bonchev–Trinajstić information content (AvgIpc) is 3.14. The molecule has 0 aliphatic carbocycles. The van der Waals surface area contributed by atoms with Gasteiger partial charge in [0.25, 0.3) is 0 Å². The second-order valence-corrected chi connectivity index (χ2v) is 8.15. The zero-order valence-corrected chi connectivity index (χ0v) is 16.7. The van der Waals surface area contributed by atoms with Crippen LogP contribution in [-0.2, 0) is 4.79 Å². The molecule has 0 bridgehead atoms. The van der Waals surface area contributed by atoms with Crippen molar-refractivity contribution < 1.29 is 4.79 Å². The molecule has 1 N–H and O–H groups in total. The van der Waals surface area contributed by atoms with Crippen LogP contribution in [0.5, 0.6) is 0 Å². The van der Waals surface area contributed by atoms with Crippen molar-refractivity contribution in [1.82, 2.24) is 19.6 Å². The lowest BCUT2D eigenvalue weighted by atomic mass is 10.0. The van der Waals surface area contributed by atoms with Gasteiger partial charge >= 0.3 is 0 Å². The van der Waals surface area contributed by atoms with E-state index in [4.69, 9.17) is 5.10 Å². The minimum absolute atomic E-state index is 0.0110. The van der Waals surface area contributed by atoms with Crippen LogP contribution in [0.1, 0.15) is 47.7 Å². The molecule has 0 fully saturated rings. The molecule has 1 aliphatic heterocycles. The smallest absolute Gasteiger partial charge is 0.235 e. The van der Waals surface area contributed by atoms with Crippen molar-refractivity contribution in [1.29, 1.82) is 0 Å². The largest absolute Gasteiger partial charge is 0.310 e. The molecule has 1 aromatic carbocycles. The summed E-state index contributed by atoms with van der Waals surface area (Å²) in [5.74, 6) is 1.22. The van der Waals surface area contributed by atoms with Crippen molar-refractivity contribution >= 4 is 23.5 Å². The number of carbonyl (C=O) groups is 1. The maximum Gasteiger partial charge on any atom is 0.235 e. The maximum absolute atomic E-state index is 12.3. The number of aromatic nitrogens is 4. The van der Waals surface area contributed by atoms with Crippen LogP contribution < -0.4 is 5.32 Å². The van der Waals surface area contributed by atoms with E-state index in [0.29, 0.717) is 5.75 Å². The first-order chi connectivity index (χ1) is 13.0. The molecule has 1 aliphatic rings.